The highest BCUT2D eigenvalue weighted by Crippen LogP contribution is 2.10. The van der Waals surface area contributed by atoms with Crippen molar-refractivity contribution in [1.82, 2.24) is 14.9 Å². The topological polar surface area (TPSA) is 78.5 Å². The smallest absolute Gasteiger partial charge is 0.236 e. The van der Waals surface area contributed by atoms with E-state index in [1.807, 2.05) is 0 Å². The Morgan fingerprint density at radius 3 is 2.58 bits per heavy atom. The Bertz CT molecular complexity index is 374. The summed E-state index contributed by atoms with van der Waals surface area (Å²) >= 11 is 0. The van der Waals surface area contributed by atoms with E-state index in [0.717, 1.165) is 25.9 Å². The van der Waals surface area contributed by atoms with Gasteiger partial charge in [-0.15, -0.1) is 0 Å². The van der Waals surface area contributed by atoms with Gasteiger partial charge in [-0.3, -0.25) is 4.79 Å². The third-order valence-corrected chi connectivity index (χ3v) is 5.38. The van der Waals surface area contributed by atoms with E-state index in [-0.39, 0.29) is 0 Å². The van der Waals surface area contributed by atoms with Gasteiger partial charge >= 0.3 is 0 Å². The van der Waals surface area contributed by atoms with Gasteiger partial charge in [0.1, 0.15) is 5.75 Å². The molecular formula is C12H25N3O3S. The maximum Gasteiger partial charge on any atom is 0.236 e. The summed E-state index contributed by atoms with van der Waals surface area (Å²) in [5, 5.41) is 5.96. The van der Waals surface area contributed by atoms with Crippen molar-refractivity contribution in [2.24, 2.45) is 5.92 Å². The van der Waals surface area contributed by atoms with Gasteiger partial charge in [-0.05, 0) is 31.8 Å². The molecule has 1 aliphatic heterocycles. The summed E-state index contributed by atoms with van der Waals surface area (Å²) in [7, 11) is -3.46. The summed E-state index contributed by atoms with van der Waals surface area (Å²) in [4.78, 5) is 11.6. The molecule has 2 N–H and O–H groups in total. The summed E-state index contributed by atoms with van der Waals surface area (Å²) in [5.41, 5.74) is 0. The predicted octanol–water partition coefficient (Wildman–Crippen LogP) is -0.226. The summed E-state index contributed by atoms with van der Waals surface area (Å²) in [6, 6.07) is 0. The molecule has 0 aromatic heterocycles. The van der Waals surface area contributed by atoms with Gasteiger partial charge in [0.15, 0.2) is 0 Å². The second-order valence-electron chi connectivity index (χ2n) is 4.84. The molecule has 1 unspecified atom stereocenters. The van der Waals surface area contributed by atoms with Crippen molar-refractivity contribution in [3.8, 4) is 0 Å². The lowest BCUT2D eigenvalue weighted by molar-refractivity contribution is -0.118. The van der Waals surface area contributed by atoms with Crippen molar-refractivity contribution < 1.29 is 13.2 Å². The molecule has 0 aromatic rings. The lowest BCUT2D eigenvalue weighted by Crippen LogP contribution is -2.39. The average Bonchev–Trinajstić information content (AvgIpc) is 2.82. The maximum absolute atomic E-state index is 11.9. The van der Waals surface area contributed by atoms with Gasteiger partial charge in [-0.25, -0.2) is 12.7 Å². The first-order valence-electron chi connectivity index (χ1n) is 6.94. The van der Waals surface area contributed by atoms with Gasteiger partial charge in [0.05, 0.1) is 0 Å². The molecule has 0 spiro atoms. The molecule has 7 heteroatoms. The highest BCUT2D eigenvalue weighted by Gasteiger charge is 2.22. The van der Waals surface area contributed by atoms with Crippen molar-refractivity contribution in [3.63, 3.8) is 0 Å². The van der Waals surface area contributed by atoms with Gasteiger partial charge in [-0.2, -0.15) is 0 Å². The largest absolute Gasteiger partial charge is 0.355 e. The lowest BCUT2D eigenvalue weighted by atomic mass is 10.1. The Kier molecular flexibility index (Phi) is 6.74. The van der Waals surface area contributed by atoms with Crippen molar-refractivity contribution >= 4 is 15.9 Å². The number of rotatable bonds is 8. The Morgan fingerprint density at radius 2 is 2.05 bits per heavy atom. The van der Waals surface area contributed by atoms with Crippen LogP contribution in [0.2, 0.25) is 0 Å². The molecule has 1 aliphatic rings. The number of hydrogen-bond donors (Lipinski definition) is 2. The van der Waals surface area contributed by atoms with Crippen LogP contribution in [0.3, 0.4) is 0 Å². The molecule has 0 aromatic carbocycles. The van der Waals surface area contributed by atoms with E-state index in [4.69, 9.17) is 0 Å². The second kappa shape index (κ2) is 7.81. The third kappa shape index (κ3) is 5.46. The molecule has 0 aliphatic carbocycles. The standard InChI is InChI=1S/C12H25N3O3S/c1-3-15(4-2)19(17,18)10-12(16)14-8-6-11-5-7-13-9-11/h11,13H,3-10H2,1-2H3,(H,14,16). The molecular weight excluding hydrogens is 266 g/mol. The van der Waals surface area contributed by atoms with Crippen LogP contribution in [0.4, 0.5) is 0 Å². The van der Waals surface area contributed by atoms with Gasteiger partial charge in [-0.1, -0.05) is 13.8 Å². The number of nitrogens with zero attached hydrogens (tertiary/aromatic N) is 1. The Labute approximate surface area is 116 Å². The van der Waals surface area contributed by atoms with Crippen molar-refractivity contribution in [2.45, 2.75) is 26.7 Å². The summed E-state index contributed by atoms with van der Waals surface area (Å²) in [6.45, 7) is 6.93. The number of carbonyl (C=O) groups is 1. The van der Waals surface area contributed by atoms with E-state index in [0.29, 0.717) is 25.6 Å². The monoisotopic (exact) mass is 291 g/mol. The number of carbonyl (C=O) groups excluding carboxylic acids is 1. The molecule has 0 radical (unpaired) electrons. The number of amides is 1. The minimum Gasteiger partial charge on any atom is -0.355 e. The lowest BCUT2D eigenvalue weighted by Gasteiger charge is -2.18. The minimum absolute atomic E-state index is 0.403. The zero-order chi connectivity index (χ0) is 14.3. The fraction of sp³-hybridized carbons (Fsp3) is 0.917. The van der Waals surface area contributed by atoms with E-state index in [9.17, 15) is 13.2 Å². The van der Waals surface area contributed by atoms with Crippen LogP contribution < -0.4 is 10.6 Å². The van der Waals surface area contributed by atoms with Crippen LogP contribution in [0.25, 0.3) is 0 Å². The highest BCUT2D eigenvalue weighted by atomic mass is 32.2. The fourth-order valence-corrected chi connectivity index (χ4v) is 3.70. The number of hydrogen-bond acceptors (Lipinski definition) is 4. The Balaban J connectivity index is 2.29. The third-order valence-electron chi connectivity index (χ3n) is 3.45. The van der Waals surface area contributed by atoms with Crippen LogP contribution in [-0.2, 0) is 14.8 Å². The molecule has 0 bridgehead atoms. The van der Waals surface area contributed by atoms with Gasteiger partial charge in [0.2, 0.25) is 15.9 Å². The van der Waals surface area contributed by atoms with Crippen LogP contribution >= 0.6 is 0 Å². The molecule has 1 atom stereocenters. The van der Waals surface area contributed by atoms with Crippen LogP contribution in [0, 0.1) is 5.92 Å². The quantitative estimate of drug-likeness (QED) is 0.648. The van der Waals surface area contributed by atoms with Gasteiger partial charge in [0, 0.05) is 19.6 Å². The first kappa shape index (κ1) is 16.4. The van der Waals surface area contributed by atoms with Crippen molar-refractivity contribution in [3.05, 3.63) is 0 Å². The van der Waals surface area contributed by atoms with Crippen LogP contribution in [0.5, 0.6) is 0 Å². The fourth-order valence-electron chi connectivity index (χ4n) is 2.30. The Morgan fingerprint density at radius 1 is 1.37 bits per heavy atom. The average molecular weight is 291 g/mol. The first-order valence-corrected chi connectivity index (χ1v) is 8.55. The SMILES string of the molecule is CCN(CC)S(=O)(=O)CC(=O)NCCC1CCNC1. The number of sulfonamides is 1. The minimum atomic E-state index is -3.46. The molecule has 1 heterocycles. The van der Waals surface area contributed by atoms with E-state index < -0.39 is 21.7 Å². The van der Waals surface area contributed by atoms with E-state index in [1.165, 1.54) is 4.31 Å². The van der Waals surface area contributed by atoms with E-state index >= 15 is 0 Å². The molecule has 19 heavy (non-hydrogen) atoms. The highest BCUT2D eigenvalue weighted by molar-refractivity contribution is 7.89. The first-order chi connectivity index (χ1) is 8.99. The molecule has 112 valence electrons. The van der Waals surface area contributed by atoms with Crippen LogP contribution in [0.1, 0.15) is 26.7 Å². The Hall–Kier alpha value is -0.660. The predicted molar refractivity (Wildman–Crippen MR) is 75.3 cm³/mol. The van der Waals surface area contributed by atoms with Crippen LogP contribution in [-0.4, -0.2) is 57.1 Å². The summed E-state index contributed by atoms with van der Waals surface area (Å²) in [6.07, 6.45) is 2.04. The molecule has 0 saturated carbocycles. The molecule has 1 amide bonds. The zero-order valence-electron chi connectivity index (χ0n) is 11.8. The number of nitrogens with one attached hydrogen (secondary N) is 2. The van der Waals surface area contributed by atoms with Gasteiger partial charge in [0.25, 0.3) is 0 Å². The zero-order valence-corrected chi connectivity index (χ0v) is 12.6. The molecule has 1 rings (SSSR count). The second-order valence-corrected chi connectivity index (χ2v) is 6.81. The molecule has 6 nitrogen and oxygen atoms in total. The van der Waals surface area contributed by atoms with Gasteiger partial charge < -0.3 is 10.6 Å². The molecule has 1 fully saturated rings. The van der Waals surface area contributed by atoms with Crippen LogP contribution in [0.15, 0.2) is 0 Å². The van der Waals surface area contributed by atoms with E-state index in [1.54, 1.807) is 13.8 Å². The normalized spacial score (nSPS) is 19.8. The van der Waals surface area contributed by atoms with Crippen molar-refractivity contribution in [2.75, 3.05) is 38.5 Å². The van der Waals surface area contributed by atoms with Crippen molar-refractivity contribution in [1.29, 1.82) is 0 Å². The summed E-state index contributed by atoms with van der Waals surface area (Å²) < 4.78 is 25.1. The summed E-state index contributed by atoms with van der Waals surface area (Å²) in [5.74, 6) is -0.255. The van der Waals surface area contributed by atoms with E-state index in [2.05, 4.69) is 10.6 Å². The molecule has 1 saturated heterocycles. The maximum atomic E-state index is 11.9.